The summed E-state index contributed by atoms with van der Waals surface area (Å²) in [5.41, 5.74) is 2.63. The number of hydrogen-bond acceptors (Lipinski definition) is 5. The van der Waals surface area contributed by atoms with Crippen molar-refractivity contribution >= 4 is 17.2 Å². The van der Waals surface area contributed by atoms with Crippen molar-refractivity contribution in [1.29, 1.82) is 0 Å². The lowest BCUT2D eigenvalue weighted by molar-refractivity contribution is 0.122. The van der Waals surface area contributed by atoms with E-state index in [4.69, 9.17) is 4.74 Å². The third-order valence-corrected chi connectivity index (χ3v) is 4.77. The number of anilines is 1. The SMILES string of the molecule is Cc1ccsc1CNCc1cccnc1N1CCOCC1. The number of ether oxygens (including phenoxy) is 1. The van der Waals surface area contributed by atoms with E-state index in [1.165, 1.54) is 16.0 Å². The zero-order chi connectivity index (χ0) is 14.5. The van der Waals surface area contributed by atoms with Crippen molar-refractivity contribution in [2.75, 3.05) is 31.2 Å². The van der Waals surface area contributed by atoms with Gasteiger partial charge in [0, 0.05) is 42.8 Å². The van der Waals surface area contributed by atoms with Crippen LogP contribution in [0.4, 0.5) is 5.82 Å². The number of morpholine rings is 1. The van der Waals surface area contributed by atoms with Gasteiger partial charge in [-0.15, -0.1) is 11.3 Å². The Morgan fingerprint density at radius 2 is 2.14 bits per heavy atom. The van der Waals surface area contributed by atoms with Gasteiger partial charge in [-0.1, -0.05) is 6.07 Å². The van der Waals surface area contributed by atoms with E-state index < -0.39 is 0 Å². The maximum atomic E-state index is 5.42. The van der Waals surface area contributed by atoms with Gasteiger partial charge >= 0.3 is 0 Å². The number of rotatable bonds is 5. The second-order valence-corrected chi connectivity index (χ2v) is 6.22. The summed E-state index contributed by atoms with van der Waals surface area (Å²) in [4.78, 5) is 8.29. The van der Waals surface area contributed by atoms with Gasteiger partial charge in [-0.3, -0.25) is 0 Å². The molecule has 3 rings (SSSR count). The Kier molecular flexibility index (Phi) is 4.85. The van der Waals surface area contributed by atoms with Gasteiger partial charge in [0.05, 0.1) is 13.2 Å². The molecule has 1 saturated heterocycles. The van der Waals surface area contributed by atoms with Crippen molar-refractivity contribution in [3.63, 3.8) is 0 Å². The smallest absolute Gasteiger partial charge is 0.133 e. The van der Waals surface area contributed by atoms with Gasteiger partial charge in [-0.05, 0) is 30.0 Å². The molecule has 4 nitrogen and oxygen atoms in total. The lowest BCUT2D eigenvalue weighted by Gasteiger charge is -2.29. The molecule has 0 aromatic carbocycles. The summed E-state index contributed by atoms with van der Waals surface area (Å²) in [6.45, 7) is 7.35. The van der Waals surface area contributed by atoms with Gasteiger partial charge in [0.25, 0.3) is 0 Å². The number of nitrogens with zero attached hydrogens (tertiary/aromatic N) is 2. The van der Waals surface area contributed by atoms with Gasteiger partial charge in [0.1, 0.15) is 5.82 Å². The normalized spacial score (nSPS) is 15.4. The third-order valence-electron chi connectivity index (χ3n) is 3.75. The van der Waals surface area contributed by atoms with E-state index in [9.17, 15) is 0 Å². The van der Waals surface area contributed by atoms with Crippen molar-refractivity contribution < 1.29 is 4.74 Å². The summed E-state index contributed by atoms with van der Waals surface area (Å²) in [6.07, 6.45) is 1.87. The van der Waals surface area contributed by atoms with Crippen molar-refractivity contribution in [2.45, 2.75) is 20.0 Å². The van der Waals surface area contributed by atoms with Crippen LogP contribution in [0.3, 0.4) is 0 Å². The first-order valence-corrected chi connectivity index (χ1v) is 8.23. The molecule has 1 aliphatic rings. The van der Waals surface area contributed by atoms with Crippen LogP contribution in [-0.2, 0) is 17.8 Å². The fourth-order valence-electron chi connectivity index (χ4n) is 2.52. The molecule has 0 bridgehead atoms. The van der Waals surface area contributed by atoms with Gasteiger partial charge in [0.15, 0.2) is 0 Å². The fraction of sp³-hybridized carbons (Fsp3) is 0.438. The molecule has 2 aromatic rings. The van der Waals surface area contributed by atoms with Crippen molar-refractivity contribution in [3.05, 3.63) is 45.8 Å². The summed E-state index contributed by atoms with van der Waals surface area (Å²) in [7, 11) is 0. The second-order valence-electron chi connectivity index (χ2n) is 5.22. The predicted octanol–water partition coefficient (Wildman–Crippen LogP) is 2.58. The zero-order valence-corrected chi connectivity index (χ0v) is 13.2. The summed E-state index contributed by atoms with van der Waals surface area (Å²) in [5.74, 6) is 1.09. The largest absolute Gasteiger partial charge is 0.378 e. The summed E-state index contributed by atoms with van der Waals surface area (Å²) in [5, 5.41) is 5.69. The van der Waals surface area contributed by atoms with Gasteiger partial charge in [0.2, 0.25) is 0 Å². The van der Waals surface area contributed by atoms with Crippen LogP contribution >= 0.6 is 11.3 Å². The van der Waals surface area contributed by atoms with Crippen LogP contribution in [0.25, 0.3) is 0 Å². The highest BCUT2D eigenvalue weighted by atomic mass is 32.1. The van der Waals surface area contributed by atoms with Crippen LogP contribution in [0.2, 0.25) is 0 Å². The molecule has 0 atom stereocenters. The van der Waals surface area contributed by atoms with Crippen LogP contribution in [-0.4, -0.2) is 31.3 Å². The predicted molar refractivity (Wildman–Crippen MR) is 86.9 cm³/mol. The minimum atomic E-state index is 0.790. The van der Waals surface area contributed by atoms with Crippen LogP contribution in [0.5, 0.6) is 0 Å². The Morgan fingerprint density at radius 1 is 1.29 bits per heavy atom. The maximum absolute atomic E-state index is 5.42. The van der Waals surface area contributed by atoms with Gasteiger partial charge in [-0.25, -0.2) is 4.98 Å². The lowest BCUT2D eigenvalue weighted by Crippen LogP contribution is -2.37. The van der Waals surface area contributed by atoms with E-state index in [2.05, 4.69) is 39.6 Å². The number of nitrogens with one attached hydrogen (secondary N) is 1. The number of aromatic nitrogens is 1. The highest BCUT2D eigenvalue weighted by molar-refractivity contribution is 7.10. The molecular formula is C16H21N3OS. The standard InChI is InChI=1S/C16H21N3OS/c1-13-4-10-21-15(13)12-17-11-14-3-2-5-18-16(14)19-6-8-20-9-7-19/h2-5,10,17H,6-9,11-12H2,1H3. The van der Waals surface area contributed by atoms with Crippen molar-refractivity contribution in [2.24, 2.45) is 0 Å². The Hall–Kier alpha value is -1.43. The van der Waals surface area contributed by atoms with E-state index in [1.54, 1.807) is 0 Å². The van der Waals surface area contributed by atoms with E-state index in [1.807, 2.05) is 23.6 Å². The molecule has 1 N–H and O–H groups in total. The van der Waals surface area contributed by atoms with Crippen LogP contribution in [0.15, 0.2) is 29.8 Å². The minimum absolute atomic E-state index is 0.790. The van der Waals surface area contributed by atoms with E-state index in [-0.39, 0.29) is 0 Å². The first-order valence-electron chi connectivity index (χ1n) is 7.35. The Bertz CT molecular complexity index is 578. The second kappa shape index (κ2) is 7.02. The fourth-order valence-corrected chi connectivity index (χ4v) is 3.40. The highest BCUT2D eigenvalue weighted by Gasteiger charge is 2.15. The highest BCUT2D eigenvalue weighted by Crippen LogP contribution is 2.19. The topological polar surface area (TPSA) is 37.4 Å². The number of aryl methyl sites for hydroxylation is 1. The molecule has 112 valence electrons. The molecule has 0 radical (unpaired) electrons. The molecule has 0 saturated carbocycles. The molecule has 5 heteroatoms. The molecular weight excluding hydrogens is 282 g/mol. The number of pyridine rings is 1. The van der Waals surface area contributed by atoms with Crippen LogP contribution < -0.4 is 10.2 Å². The van der Waals surface area contributed by atoms with Gasteiger partial charge in [-0.2, -0.15) is 0 Å². The molecule has 1 aliphatic heterocycles. The first kappa shape index (κ1) is 14.5. The van der Waals surface area contributed by atoms with Crippen LogP contribution in [0, 0.1) is 6.92 Å². The number of hydrogen-bond donors (Lipinski definition) is 1. The van der Waals surface area contributed by atoms with E-state index >= 15 is 0 Å². The van der Waals surface area contributed by atoms with Crippen molar-refractivity contribution in [1.82, 2.24) is 10.3 Å². The zero-order valence-electron chi connectivity index (χ0n) is 12.3. The lowest BCUT2D eigenvalue weighted by atomic mass is 10.2. The molecule has 1 fully saturated rings. The number of thiophene rings is 1. The summed E-state index contributed by atoms with van der Waals surface area (Å²) < 4.78 is 5.42. The minimum Gasteiger partial charge on any atom is -0.378 e. The first-order chi connectivity index (χ1) is 10.3. The Labute approximate surface area is 129 Å². The monoisotopic (exact) mass is 303 g/mol. The molecule has 2 aromatic heterocycles. The van der Waals surface area contributed by atoms with Crippen molar-refractivity contribution in [3.8, 4) is 0 Å². The van der Waals surface area contributed by atoms with Crippen LogP contribution in [0.1, 0.15) is 16.0 Å². The average Bonchev–Trinajstić information content (AvgIpc) is 2.94. The summed E-state index contributed by atoms with van der Waals surface area (Å²) >= 11 is 1.81. The molecule has 3 heterocycles. The third kappa shape index (κ3) is 3.61. The molecule has 0 unspecified atom stereocenters. The molecule has 0 amide bonds. The summed E-state index contributed by atoms with van der Waals surface area (Å²) in [6, 6.07) is 6.34. The molecule has 21 heavy (non-hydrogen) atoms. The Balaban J connectivity index is 1.63. The average molecular weight is 303 g/mol. The van der Waals surface area contributed by atoms with E-state index in [0.717, 1.165) is 45.2 Å². The van der Waals surface area contributed by atoms with E-state index in [0.29, 0.717) is 0 Å². The maximum Gasteiger partial charge on any atom is 0.133 e. The quantitative estimate of drug-likeness (QED) is 0.921. The Morgan fingerprint density at radius 3 is 2.90 bits per heavy atom. The van der Waals surface area contributed by atoms with Gasteiger partial charge < -0.3 is 15.0 Å². The molecule has 0 spiro atoms. The molecule has 0 aliphatic carbocycles.